The number of aliphatic hydroxyl groups is 1. The van der Waals surface area contributed by atoms with Crippen LogP contribution >= 0.6 is 0 Å². The monoisotopic (exact) mass is 142 g/mol. The fourth-order valence-corrected chi connectivity index (χ4v) is 2.18. The lowest BCUT2D eigenvalue weighted by Gasteiger charge is -2.21. The van der Waals surface area contributed by atoms with Gasteiger partial charge in [-0.15, -0.1) is 0 Å². The molecule has 0 bridgehead atoms. The first-order chi connectivity index (χ1) is 4.46. The van der Waals surface area contributed by atoms with Gasteiger partial charge in [0.2, 0.25) is 0 Å². The van der Waals surface area contributed by atoms with Crippen molar-refractivity contribution in [1.82, 2.24) is 0 Å². The predicted molar refractivity (Wildman–Crippen MR) is 42.8 cm³/mol. The van der Waals surface area contributed by atoms with Crippen LogP contribution in [0.15, 0.2) is 0 Å². The molecule has 0 aliphatic heterocycles. The van der Waals surface area contributed by atoms with Crippen molar-refractivity contribution in [2.45, 2.75) is 34.1 Å². The highest BCUT2D eigenvalue weighted by Crippen LogP contribution is 2.66. The molecule has 0 radical (unpaired) electrons. The fraction of sp³-hybridized carbons (Fsp3) is 1.00. The Hall–Kier alpha value is -0.0400. The number of hydrogen-bond acceptors (Lipinski definition) is 1. The maximum absolute atomic E-state index is 9.16. The van der Waals surface area contributed by atoms with E-state index in [0.29, 0.717) is 17.9 Å². The summed E-state index contributed by atoms with van der Waals surface area (Å²) in [7, 11) is 0. The van der Waals surface area contributed by atoms with E-state index in [2.05, 4.69) is 27.7 Å². The lowest BCUT2D eigenvalue weighted by molar-refractivity contribution is 0.137. The average molecular weight is 142 g/mol. The van der Waals surface area contributed by atoms with Gasteiger partial charge in [0.05, 0.1) is 0 Å². The molecule has 1 rings (SSSR count). The molecule has 60 valence electrons. The zero-order valence-corrected chi connectivity index (χ0v) is 7.44. The molecule has 1 heteroatoms. The van der Waals surface area contributed by atoms with E-state index in [1.807, 2.05) is 0 Å². The van der Waals surface area contributed by atoms with Crippen LogP contribution in [0.4, 0.5) is 0 Å². The summed E-state index contributed by atoms with van der Waals surface area (Å²) in [6.07, 6.45) is 1.19. The van der Waals surface area contributed by atoms with Gasteiger partial charge in [0.15, 0.2) is 0 Å². The van der Waals surface area contributed by atoms with E-state index in [-0.39, 0.29) is 5.41 Å². The van der Waals surface area contributed by atoms with Crippen LogP contribution in [0.5, 0.6) is 0 Å². The molecule has 0 saturated heterocycles. The number of rotatable bonds is 2. The van der Waals surface area contributed by atoms with Crippen molar-refractivity contribution in [3.8, 4) is 0 Å². The minimum Gasteiger partial charge on any atom is -0.396 e. The molecule has 1 fully saturated rings. The Labute approximate surface area is 63.4 Å². The fourth-order valence-electron chi connectivity index (χ4n) is 2.18. The Bertz CT molecular complexity index is 138. The molecular formula is C9H18O. The van der Waals surface area contributed by atoms with E-state index in [1.54, 1.807) is 0 Å². The molecule has 1 nitrogen and oxygen atoms in total. The third-order valence-corrected chi connectivity index (χ3v) is 3.37. The second-order valence-corrected chi connectivity index (χ2v) is 4.53. The molecule has 1 aliphatic rings. The second-order valence-electron chi connectivity index (χ2n) is 4.53. The quantitative estimate of drug-likeness (QED) is 0.625. The van der Waals surface area contributed by atoms with Crippen molar-refractivity contribution in [3.05, 3.63) is 0 Å². The molecule has 1 N–H and O–H groups in total. The Morgan fingerprint density at radius 1 is 1.40 bits per heavy atom. The highest BCUT2D eigenvalue weighted by Gasteiger charge is 2.61. The van der Waals surface area contributed by atoms with E-state index in [9.17, 15) is 0 Å². The zero-order chi connectivity index (χ0) is 7.99. The highest BCUT2D eigenvalue weighted by atomic mass is 16.3. The van der Waals surface area contributed by atoms with Gasteiger partial charge in [0.25, 0.3) is 0 Å². The van der Waals surface area contributed by atoms with Crippen LogP contribution in [0.25, 0.3) is 0 Å². The third-order valence-electron chi connectivity index (χ3n) is 3.37. The number of aliphatic hydroxyl groups excluding tert-OH is 1. The zero-order valence-electron chi connectivity index (χ0n) is 7.44. The molecule has 0 aromatic heterocycles. The number of hydrogen-bond donors (Lipinski definition) is 1. The van der Waals surface area contributed by atoms with Crippen LogP contribution in [0.3, 0.4) is 0 Å². The molecule has 10 heavy (non-hydrogen) atoms. The van der Waals surface area contributed by atoms with E-state index in [1.165, 1.54) is 6.42 Å². The normalized spacial score (nSPS) is 36.6. The summed E-state index contributed by atoms with van der Waals surface area (Å²) in [5, 5.41) is 9.16. The summed E-state index contributed by atoms with van der Waals surface area (Å²) in [6, 6.07) is 0. The minimum absolute atomic E-state index is 0.243. The second kappa shape index (κ2) is 1.97. The molecule has 0 heterocycles. The summed E-state index contributed by atoms with van der Waals surface area (Å²) in [5.74, 6) is 0.618. The van der Waals surface area contributed by atoms with Gasteiger partial charge >= 0.3 is 0 Å². The summed E-state index contributed by atoms with van der Waals surface area (Å²) < 4.78 is 0. The van der Waals surface area contributed by atoms with Crippen LogP contribution < -0.4 is 0 Å². The van der Waals surface area contributed by atoms with Crippen LogP contribution in [-0.4, -0.2) is 11.7 Å². The van der Waals surface area contributed by atoms with E-state index in [4.69, 9.17) is 5.11 Å². The van der Waals surface area contributed by atoms with E-state index >= 15 is 0 Å². The SMILES string of the molecule is CC(C)C1(CO)CC1(C)C. The molecule has 0 aromatic carbocycles. The average Bonchev–Trinajstić information content (AvgIpc) is 2.35. The Morgan fingerprint density at radius 2 is 1.80 bits per heavy atom. The molecule has 1 aliphatic carbocycles. The summed E-state index contributed by atoms with van der Waals surface area (Å²) in [5.41, 5.74) is 0.628. The minimum atomic E-state index is 0.243. The first kappa shape index (κ1) is 8.06. The van der Waals surface area contributed by atoms with Crippen LogP contribution in [0.1, 0.15) is 34.1 Å². The molecule has 0 aromatic rings. The van der Waals surface area contributed by atoms with Gasteiger partial charge < -0.3 is 5.11 Å². The van der Waals surface area contributed by atoms with Gasteiger partial charge in [-0.25, -0.2) is 0 Å². The third kappa shape index (κ3) is 0.800. The first-order valence-electron chi connectivity index (χ1n) is 4.07. The topological polar surface area (TPSA) is 20.2 Å². The first-order valence-corrected chi connectivity index (χ1v) is 4.07. The van der Waals surface area contributed by atoms with E-state index in [0.717, 1.165) is 0 Å². The van der Waals surface area contributed by atoms with Crippen molar-refractivity contribution < 1.29 is 5.11 Å². The lowest BCUT2D eigenvalue weighted by Crippen LogP contribution is -2.20. The summed E-state index contributed by atoms with van der Waals surface area (Å²) in [6.45, 7) is 9.24. The summed E-state index contributed by atoms with van der Waals surface area (Å²) in [4.78, 5) is 0. The Balaban J connectivity index is 2.68. The molecule has 0 amide bonds. The summed E-state index contributed by atoms with van der Waals surface area (Å²) >= 11 is 0. The predicted octanol–water partition coefficient (Wildman–Crippen LogP) is 2.05. The van der Waals surface area contributed by atoms with Crippen molar-refractivity contribution >= 4 is 0 Å². The Kier molecular flexibility index (Phi) is 1.59. The molecular weight excluding hydrogens is 124 g/mol. The van der Waals surface area contributed by atoms with Crippen molar-refractivity contribution in [3.63, 3.8) is 0 Å². The van der Waals surface area contributed by atoms with Crippen molar-refractivity contribution in [2.75, 3.05) is 6.61 Å². The standard InChI is InChI=1S/C9H18O/c1-7(2)9(6-10)5-8(9,3)4/h7,10H,5-6H2,1-4H3. The van der Waals surface area contributed by atoms with Gasteiger partial charge in [-0.05, 0) is 17.8 Å². The van der Waals surface area contributed by atoms with Crippen molar-refractivity contribution in [1.29, 1.82) is 0 Å². The molecule has 1 unspecified atom stereocenters. The van der Waals surface area contributed by atoms with Crippen LogP contribution in [0.2, 0.25) is 0 Å². The van der Waals surface area contributed by atoms with Gasteiger partial charge in [0.1, 0.15) is 0 Å². The highest BCUT2D eigenvalue weighted by molar-refractivity contribution is 5.10. The largest absolute Gasteiger partial charge is 0.396 e. The van der Waals surface area contributed by atoms with Crippen LogP contribution in [-0.2, 0) is 0 Å². The molecule has 0 spiro atoms. The maximum Gasteiger partial charge on any atom is 0.0495 e. The van der Waals surface area contributed by atoms with Gasteiger partial charge in [0, 0.05) is 12.0 Å². The smallest absolute Gasteiger partial charge is 0.0495 e. The van der Waals surface area contributed by atoms with Gasteiger partial charge in [-0.1, -0.05) is 27.7 Å². The Morgan fingerprint density at radius 3 is 1.80 bits per heavy atom. The van der Waals surface area contributed by atoms with Gasteiger partial charge in [-0.2, -0.15) is 0 Å². The molecule has 1 saturated carbocycles. The van der Waals surface area contributed by atoms with Crippen molar-refractivity contribution in [2.24, 2.45) is 16.7 Å². The van der Waals surface area contributed by atoms with Gasteiger partial charge in [-0.3, -0.25) is 0 Å². The molecule has 1 atom stereocenters. The van der Waals surface area contributed by atoms with Crippen LogP contribution in [0, 0.1) is 16.7 Å². The lowest BCUT2D eigenvalue weighted by atomic mass is 9.86. The van der Waals surface area contributed by atoms with E-state index < -0.39 is 0 Å². The maximum atomic E-state index is 9.16.